The van der Waals surface area contributed by atoms with Crippen molar-refractivity contribution >= 4 is 23.6 Å². The summed E-state index contributed by atoms with van der Waals surface area (Å²) in [6.07, 6.45) is 2.74. The summed E-state index contributed by atoms with van der Waals surface area (Å²) in [5, 5.41) is 9.51. The fourth-order valence-corrected chi connectivity index (χ4v) is 2.87. The second-order valence-electron chi connectivity index (χ2n) is 4.76. The highest BCUT2D eigenvalue weighted by atomic mass is 32.2. The first-order valence-electron chi connectivity index (χ1n) is 6.49. The first kappa shape index (κ1) is 14.8. The molecule has 7 heteroatoms. The lowest BCUT2D eigenvalue weighted by Gasteiger charge is -2.30. The summed E-state index contributed by atoms with van der Waals surface area (Å²) < 4.78 is 0. The fraction of sp³-hybridized carbons (Fsp3) is 0.538. The van der Waals surface area contributed by atoms with Crippen LogP contribution in [0.25, 0.3) is 0 Å². The second kappa shape index (κ2) is 6.69. The maximum absolute atomic E-state index is 12.0. The van der Waals surface area contributed by atoms with E-state index in [1.54, 1.807) is 11.1 Å². The van der Waals surface area contributed by atoms with E-state index in [0.29, 0.717) is 36.8 Å². The molecule has 1 aromatic heterocycles. The van der Waals surface area contributed by atoms with Gasteiger partial charge in [0.25, 0.3) is 0 Å². The Morgan fingerprint density at radius 1 is 1.45 bits per heavy atom. The van der Waals surface area contributed by atoms with Crippen LogP contribution >= 0.6 is 11.8 Å². The van der Waals surface area contributed by atoms with Crippen LogP contribution in [0.2, 0.25) is 0 Å². The Balaban J connectivity index is 1.80. The van der Waals surface area contributed by atoms with Gasteiger partial charge < -0.3 is 10.0 Å². The van der Waals surface area contributed by atoms with Crippen LogP contribution in [-0.4, -0.2) is 50.7 Å². The minimum Gasteiger partial charge on any atom is -0.481 e. The third-order valence-corrected chi connectivity index (χ3v) is 4.14. The van der Waals surface area contributed by atoms with Crippen molar-refractivity contribution in [3.05, 3.63) is 18.0 Å². The molecule has 0 aliphatic carbocycles. The minimum atomic E-state index is -0.764. The fourth-order valence-electron chi connectivity index (χ4n) is 2.09. The number of likely N-dealkylation sites (tertiary alicyclic amines) is 1. The quantitative estimate of drug-likeness (QED) is 0.664. The first-order valence-corrected chi connectivity index (χ1v) is 7.48. The van der Waals surface area contributed by atoms with Crippen LogP contribution in [0.4, 0.5) is 0 Å². The minimum absolute atomic E-state index is 0.0175. The highest BCUT2D eigenvalue weighted by Crippen LogP contribution is 2.19. The Morgan fingerprint density at radius 3 is 2.75 bits per heavy atom. The van der Waals surface area contributed by atoms with E-state index in [0.717, 1.165) is 5.69 Å². The normalized spacial score (nSPS) is 16.1. The van der Waals surface area contributed by atoms with E-state index in [9.17, 15) is 9.59 Å². The molecule has 0 atom stereocenters. The van der Waals surface area contributed by atoms with Crippen LogP contribution in [0, 0.1) is 12.8 Å². The van der Waals surface area contributed by atoms with Gasteiger partial charge in [-0.25, -0.2) is 9.97 Å². The van der Waals surface area contributed by atoms with Gasteiger partial charge in [-0.2, -0.15) is 0 Å². The Hall–Kier alpha value is -1.63. The van der Waals surface area contributed by atoms with Crippen molar-refractivity contribution in [3.63, 3.8) is 0 Å². The van der Waals surface area contributed by atoms with Gasteiger partial charge in [-0.15, -0.1) is 0 Å². The van der Waals surface area contributed by atoms with Gasteiger partial charge in [-0.05, 0) is 25.8 Å². The molecule has 0 saturated carbocycles. The molecule has 0 unspecified atom stereocenters. The van der Waals surface area contributed by atoms with Crippen molar-refractivity contribution in [1.29, 1.82) is 0 Å². The predicted octanol–water partition coefficient (Wildman–Crippen LogP) is 1.20. The number of aryl methyl sites for hydroxylation is 1. The van der Waals surface area contributed by atoms with E-state index < -0.39 is 5.97 Å². The molecule has 1 fully saturated rings. The maximum atomic E-state index is 12.0. The Bertz CT molecular complexity index is 501. The van der Waals surface area contributed by atoms with Gasteiger partial charge in [0.1, 0.15) is 0 Å². The van der Waals surface area contributed by atoms with Crippen molar-refractivity contribution in [2.24, 2.45) is 5.92 Å². The number of piperidine rings is 1. The number of hydrogen-bond acceptors (Lipinski definition) is 5. The molecule has 1 saturated heterocycles. The number of amides is 1. The summed E-state index contributed by atoms with van der Waals surface area (Å²) in [5.41, 5.74) is 0.872. The van der Waals surface area contributed by atoms with Crippen LogP contribution in [0.3, 0.4) is 0 Å². The van der Waals surface area contributed by atoms with Crippen molar-refractivity contribution in [1.82, 2.24) is 14.9 Å². The van der Waals surface area contributed by atoms with Crippen molar-refractivity contribution < 1.29 is 14.7 Å². The molecular weight excluding hydrogens is 278 g/mol. The van der Waals surface area contributed by atoms with Crippen molar-refractivity contribution in [3.8, 4) is 0 Å². The number of carbonyl (C=O) groups is 2. The third kappa shape index (κ3) is 3.93. The zero-order valence-electron chi connectivity index (χ0n) is 11.3. The van der Waals surface area contributed by atoms with Crippen LogP contribution in [-0.2, 0) is 9.59 Å². The summed E-state index contributed by atoms with van der Waals surface area (Å²) >= 11 is 1.31. The molecule has 0 radical (unpaired) electrons. The number of nitrogens with zero attached hydrogens (tertiary/aromatic N) is 3. The summed E-state index contributed by atoms with van der Waals surface area (Å²) in [6, 6.07) is 1.81. The molecule has 108 valence electrons. The zero-order chi connectivity index (χ0) is 14.5. The standard InChI is InChI=1S/C13H17N3O3S/c1-9-2-5-14-13(15-9)20-8-11(17)16-6-3-10(4-7-16)12(18)19/h2,5,10H,3-4,6-8H2,1H3,(H,18,19). The van der Waals surface area contributed by atoms with Gasteiger partial charge >= 0.3 is 5.97 Å². The highest BCUT2D eigenvalue weighted by molar-refractivity contribution is 7.99. The second-order valence-corrected chi connectivity index (χ2v) is 5.71. The van der Waals surface area contributed by atoms with E-state index in [2.05, 4.69) is 9.97 Å². The smallest absolute Gasteiger partial charge is 0.306 e. The number of carboxylic acid groups (broad SMARTS) is 1. The van der Waals surface area contributed by atoms with Gasteiger partial charge in [0.05, 0.1) is 11.7 Å². The number of carbonyl (C=O) groups excluding carboxylic acids is 1. The van der Waals surface area contributed by atoms with E-state index in [1.165, 1.54) is 11.8 Å². The molecule has 0 spiro atoms. The molecule has 1 aromatic rings. The average molecular weight is 295 g/mol. The van der Waals surface area contributed by atoms with Gasteiger partial charge in [-0.3, -0.25) is 9.59 Å². The number of aromatic nitrogens is 2. The lowest BCUT2D eigenvalue weighted by Crippen LogP contribution is -2.41. The first-order chi connectivity index (χ1) is 9.56. The average Bonchev–Trinajstić information content (AvgIpc) is 2.45. The lowest BCUT2D eigenvalue weighted by atomic mass is 9.97. The Labute approximate surface area is 121 Å². The van der Waals surface area contributed by atoms with E-state index in [-0.39, 0.29) is 11.8 Å². The Morgan fingerprint density at radius 2 is 2.15 bits per heavy atom. The molecule has 1 N–H and O–H groups in total. The van der Waals surface area contributed by atoms with Crippen LogP contribution in [0.15, 0.2) is 17.4 Å². The van der Waals surface area contributed by atoms with Crippen molar-refractivity contribution in [2.75, 3.05) is 18.8 Å². The third-order valence-electron chi connectivity index (χ3n) is 3.29. The van der Waals surface area contributed by atoms with Gasteiger partial charge in [0.15, 0.2) is 5.16 Å². The van der Waals surface area contributed by atoms with Crippen LogP contribution in [0.5, 0.6) is 0 Å². The van der Waals surface area contributed by atoms with Crippen LogP contribution in [0.1, 0.15) is 18.5 Å². The van der Waals surface area contributed by atoms with Gasteiger partial charge in [0.2, 0.25) is 5.91 Å². The summed E-state index contributed by atoms with van der Waals surface area (Å²) in [7, 11) is 0. The largest absolute Gasteiger partial charge is 0.481 e. The van der Waals surface area contributed by atoms with Gasteiger partial charge in [-0.1, -0.05) is 11.8 Å². The summed E-state index contributed by atoms with van der Waals surface area (Å²) in [5.74, 6) is -0.767. The number of hydrogen-bond donors (Lipinski definition) is 1. The zero-order valence-corrected chi connectivity index (χ0v) is 12.1. The molecular formula is C13H17N3O3S. The molecule has 1 aliphatic heterocycles. The predicted molar refractivity (Wildman–Crippen MR) is 74.4 cm³/mol. The summed E-state index contributed by atoms with van der Waals surface area (Å²) in [4.78, 5) is 32.9. The topological polar surface area (TPSA) is 83.4 Å². The molecule has 0 bridgehead atoms. The molecule has 6 nitrogen and oxygen atoms in total. The number of rotatable bonds is 4. The van der Waals surface area contributed by atoms with E-state index in [1.807, 2.05) is 13.0 Å². The molecule has 0 aromatic carbocycles. The molecule has 20 heavy (non-hydrogen) atoms. The Kier molecular flexibility index (Phi) is 4.94. The van der Waals surface area contributed by atoms with E-state index in [4.69, 9.17) is 5.11 Å². The van der Waals surface area contributed by atoms with Crippen molar-refractivity contribution in [2.45, 2.75) is 24.9 Å². The molecule has 2 heterocycles. The highest BCUT2D eigenvalue weighted by Gasteiger charge is 2.26. The maximum Gasteiger partial charge on any atom is 0.306 e. The summed E-state index contributed by atoms with van der Waals surface area (Å²) in [6.45, 7) is 2.92. The van der Waals surface area contributed by atoms with Gasteiger partial charge in [0, 0.05) is 25.0 Å². The van der Waals surface area contributed by atoms with Crippen LogP contribution < -0.4 is 0 Å². The monoisotopic (exact) mass is 295 g/mol. The lowest BCUT2D eigenvalue weighted by molar-refractivity contribution is -0.145. The molecule has 1 aliphatic rings. The number of aliphatic carboxylic acids is 1. The molecule has 1 amide bonds. The number of carboxylic acids is 1. The number of thioether (sulfide) groups is 1. The SMILES string of the molecule is Cc1ccnc(SCC(=O)N2CCC(C(=O)O)CC2)n1. The molecule has 2 rings (SSSR count). The van der Waals surface area contributed by atoms with E-state index >= 15 is 0 Å².